The van der Waals surface area contributed by atoms with Crippen molar-refractivity contribution in [3.05, 3.63) is 65.4 Å². The minimum Gasteiger partial charge on any atom is -0.458 e. The Morgan fingerprint density at radius 1 is 1.26 bits per heavy atom. The second-order valence-electron chi connectivity index (χ2n) is 4.45. The van der Waals surface area contributed by atoms with E-state index in [2.05, 4.69) is 4.98 Å². The van der Waals surface area contributed by atoms with E-state index < -0.39 is 11.9 Å². The van der Waals surface area contributed by atoms with E-state index in [0.29, 0.717) is 11.5 Å². The van der Waals surface area contributed by atoms with Crippen molar-refractivity contribution in [2.75, 3.05) is 0 Å². The predicted octanol–water partition coefficient (Wildman–Crippen LogP) is 3.36. The van der Waals surface area contributed by atoms with Gasteiger partial charge in [-0.2, -0.15) is 0 Å². The van der Waals surface area contributed by atoms with Gasteiger partial charge in [0.2, 0.25) is 0 Å². The third kappa shape index (κ3) is 2.11. The number of para-hydroxylation sites is 1. The first-order chi connectivity index (χ1) is 9.15. The molecule has 2 aromatic heterocycles. The van der Waals surface area contributed by atoms with E-state index in [0.717, 1.165) is 22.7 Å². The van der Waals surface area contributed by atoms with Crippen LogP contribution in [0.1, 0.15) is 23.1 Å². The fraction of sp³-hybridized carbons (Fsp3) is 0.133. The average Bonchev–Trinajstić information content (AvgIpc) is 2.84. The number of pyridine rings is 1. The van der Waals surface area contributed by atoms with Crippen LogP contribution in [0.25, 0.3) is 11.0 Å². The van der Waals surface area contributed by atoms with Crippen LogP contribution in [-0.4, -0.2) is 10.1 Å². The van der Waals surface area contributed by atoms with Crippen molar-refractivity contribution in [2.24, 2.45) is 0 Å². The van der Waals surface area contributed by atoms with Gasteiger partial charge in [0.05, 0.1) is 11.9 Å². The quantitative estimate of drug-likeness (QED) is 0.765. The van der Waals surface area contributed by atoms with Crippen LogP contribution in [0.5, 0.6) is 0 Å². The summed E-state index contributed by atoms with van der Waals surface area (Å²) in [4.78, 5) is 3.86. The van der Waals surface area contributed by atoms with Gasteiger partial charge in [-0.25, -0.2) is 4.39 Å². The molecule has 0 saturated heterocycles. The molecule has 3 aromatic rings. The van der Waals surface area contributed by atoms with Gasteiger partial charge in [0, 0.05) is 5.39 Å². The van der Waals surface area contributed by atoms with Gasteiger partial charge >= 0.3 is 0 Å². The third-order valence-electron chi connectivity index (χ3n) is 3.06. The van der Waals surface area contributed by atoms with Gasteiger partial charge in [-0.3, -0.25) is 4.98 Å². The summed E-state index contributed by atoms with van der Waals surface area (Å²) >= 11 is 0. The summed E-state index contributed by atoms with van der Waals surface area (Å²) in [5, 5.41) is 11.1. The fourth-order valence-electron chi connectivity index (χ4n) is 2.06. The van der Waals surface area contributed by atoms with Crippen LogP contribution in [0.3, 0.4) is 0 Å². The highest BCUT2D eigenvalue weighted by molar-refractivity contribution is 5.81. The smallest absolute Gasteiger partial charge is 0.153 e. The van der Waals surface area contributed by atoms with Crippen LogP contribution in [0.15, 0.2) is 47.0 Å². The van der Waals surface area contributed by atoms with E-state index in [-0.39, 0.29) is 0 Å². The van der Waals surface area contributed by atoms with Gasteiger partial charge in [0.25, 0.3) is 0 Å². The molecule has 2 heterocycles. The number of halogens is 1. The minimum absolute atomic E-state index is 0.359. The van der Waals surface area contributed by atoms with Gasteiger partial charge in [0.15, 0.2) is 6.10 Å². The molecule has 4 heteroatoms. The lowest BCUT2D eigenvalue weighted by Gasteiger charge is -2.06. The Morgan fingerprint density at radius 3 is 2.79 bits per heavy atom. The SMILES string of the molecule is Cc1cccc2cc(C(O)c3ccc(F)cn3)oc12. The summed E-state index contributed by atoms with van der Waals surface area (Å²) in [6.45, 7) is 1.94. The number of aliphatic hydroxyl groups excluding tert-OH is 1. The van der Waals surface area contributed by atoms with E-state index in [9.17, 15) is 9.50 Å². The largest absolute Gasteiger partial charge is 0.458 e. The zero-order valence-electron chi connectivity index (χ0n) is 10.3. The summed E-state index contributed by atoms with van der Waals surface area (Å²) < 4.78 is 18.5. The van der Waals surface area contributed by atoms with Crippen LogP contribution in [0.2, 0.25) is 0 Å². The molecular formula is C15H12FNO2. The molecule has 0 radical (unpaired) electrons. The number of hydrogen-bond acceptors (Lipinski definition) is 3. The van der Waals surface area contributed by atoms with Crippen molar-refractivity contribution in [3.63, 3.8) is 0 Å². The van der Waals surface area contributed by atoms with Crippen molar-refractivity contribution in [2.45, 2.75) is 13.0 Å². The Balaban J connectivity index is 2.04. The molecule has 0 aliphatic rings. The molecule has 0 spiro atoms. The van der Waals surface area contributed by atoms with Crippen molar-refractivity contribution in [3.8, 4) is 0 Å². The highest BCUT2D eigenvalue weighted by atomic mass is 19.1. The monoisotopic (exact) mass is 257 g/mol. The van der Waals surface area contributed by atoms with Gasteiger partial charge in [0.1, 0.15) is 17.2 Å². The number of aromatic nitrogens is 1. The molecule has 3 rings (SSSR count). The van der Waals surface area contributed by atoms with Gasteiger partial charge in [-0.1, -0.05) is 18.2 Å². The van der Waals surface area contributed by atoms with E-state index in [1.54, 1.807) is 6.07 Å². The van der Waals surface area contributed by atoms with Crippen LogP contribution >= 0.6 is 0 Å². The first kappa shape index (κ1) is 11.9. The highest BCUT2D eigenvalue weighted by Gasteiger charge is 2.17. The summed E-state index contributed by atoms with van der Waals surface area (Å²) in [6.07, 6.45) is 0.0827. The number of rotatable bonds is 2. The van der Waals surface area contributed by atoms with Crippen molar-refractivity contribution < 1.29 is 13.9 Å². The average molecular weight is 257 g/mol. The normalized spacial score (nSPS) is 12.8. The number of fused-ring (bicyclic) bond motifs is 1. The summed E-state index contributed by atoms with van der Waals surface area (Å²) in [6, 6.07) is 10.3. The lowest BCUT2D eigenvalue weighted by atomic mass is 10.1. The van der Waals surface area contributed by atoms with Crippen molar-refractivity contribution >= 4 is 11.0 Å². The lowest BCUT2D eigenvalue weighted by Crippen LogP contribution is -2.00. The summed E-state index contributed by atoms with van der Waals surface area (Å²) in [5.41, 5.74) is 2.11. The molecule has 1 atom stereocenters. The molecule has 1 aromatic carbocycles. The van der Waals surface area contributed by atoms with Crippen LogP contribution < -0.4 is 0 Å². The molecule has 0 aliphatic carbocycles. The second-order valence-corrected chi connectivity index (χ2v) is 4.45. The molecule has 0 aliphatic heterocycles. The Labute approximate surface area is 109 Å². The number of benzene rings is 1. The first-order valence-corrected chi connectivity index (χ1v) is 5.94. The van der Waals surface area contributed by atoms with Gasteiger partial charge in [-0.15, -0.1) is 0 Å². The summed E-state index contributed by atoms with van der Waals surface area (Å²) in [7, 11) is 0. The van der Waals surface area contributed by atoms with E-state index in [4.69, 9.17) is 4.42 Å². The van der Waals surface area contributed by atoms with E-state index in [1.165, 1.54) is 12.1 Å². The first-order valence-electron chi connectivity index (χ1n) is 5.94. The molecule has 19 heavy (non-hydrogen) atoms. The van der Waals surface area contributed by atoms with E-state index in [1.807, 2.05) is 25.1 Å². The number of furan rings is 1. The molecule has 0 bridgehead atoms. The number of aryl methyl sites for hydroxylation is 1. The Hall–Kier alpha value is -2.20. The third-order valence-corrected chi connectivity index (χ3v) is 3.06. The molecular weight excluding hydrogens is 245 g/mol. The van der Waals surface area contributed by atoms with Gasteiger partial charge < -0.3 is 9.52 Å². The van der Waals surface area contributed by atoms with Gasteiger partial charge in [-0.05, 0) is 30.7 Å². The highest BCUT2D eigenvalue weighted by Crippen LogP contribution is 2.28. The number of nitrogens with zero attached hydrogens (tertiary/aromatic N) is 1. The Bertz CT molecular complexity index is 719. The maximum absolute atomic E-state index is 12.8. The number of hydrogen-bond donors (Lipinski definition) is 1. The topological polar surface area (TPSA) is 46.3 Å². The molecule has 0 amide bonds. The minimum atomic E-state index is -0.993. The predicted molar refractivity (Wildman–Crippen MR) is 69.2 cm³/mol. The number of aliphatic hydroxyl groups is 1. The maximum atomic E-state index is 12.8. The molecule has 0 fully saturated rings. The molecule has 3 nitrogen and oxygen atoms in total. The molecule has 1 unspecified atom stereocenters. The zero-order valence-corrected chi connectivity index (χ0v) is 10.3. The van der Waals surface area contributed by atoms with E-state index >= 15 is 0 Å². The van der Waals surface area contributed by atoms with Crippen molar-refractivity contribution in [1.82, 2.24) is 4.98 Å². The van der Waals surface area contributed by atoms with Crippen LogP contribution in [-0.2, 0) is 0 Å². The molecule has 96 valence electrons. The van der Waals surface area contributed by atoms with Crippen LogP contribution in [0.4, 0.5) is 4.39 Å². The Kier molecular flexibility index (Phi) is 2.80. The van der Waals surface area contributed by atoms with Crippen LogP contribution in [0, 0.1) is 12.7 Å². The maximum Gasteiger partial charge on any atom is 0.153 e. The lowest BCUT2D eigenvalue weighted by molar-refractivity contribution is 0.187. The molecule has 1 N–H and O–H groups in total. The van der Waals surface area contributed by atoms with Crippen molar-refractivity contribution in [1.29, 1.82) is 0 Å². The fourth-order valence-corrected chi connectivity index (χ4v) is 2.06. The zero-order chi connectivity index (χ0) is 13.4. The summed E-state index contributed by atoms with van der Waals surface area (Å²) in [5.74, 6) is -0.0280. The Morgan fingerprint density at radius 2 is 2.11 bits per heavy atom. The standard InChI is InChI=1S/C15H12FNO2/c1-9-3-2-4-10-7-13(19-15(9)10)14(18)12-6-5-11(16)8-17-12/h2-8,14,18H,1H3. The molecule has 0 saturated carbocycles. The second kappa shape index (κ2) is 4.48.